The van der Waals surface area contributed by atoms with Crippen molar-refractivity contribution in [3.05, 3.63) is 52.7 Å². The zero-order valence-corrected chi connectivity index (χ0v) is 22.7. The van der Waals surface area contributed by atoms with Crippen molar-refractivity contribution in [3.63, 3.8) is 0 Å². The van der Waals surface area contributed by atoms with E-state index in [-0.39, 0.29) is 36.4 Å². The van der Waals surface area contributed by atoms with Gasteiger partial charge in [0.15, 0.2) is 17.3 Å². The summed E-state index contributed by atoms with van der Waals surface area (Å²) in [4.78, 5) is 10.8. The third-order valence-corrected chi connectivity index (χ3v) is 6.89. The molecule has 0 bridgehead atoms. The smallest absolute Gasteiger partial charge is 0.179 e. The number of nitrogens with zero attached hydrogens (tertiary/aromatic N) is 3. The molecule has 0 spiro atoms. The fourth-order valence-electron chi connectivity index (χ4n) is 4.67. The van der Waals surface area contributed by atoms with Crippen LogP contribution in [0.2, 0.25) is 5.02 Å². The number of rotatable bonds is 7. The first-order valence-electron chi connectivity index (χ1n) is 11.7. The Morgan fingerprint density at radius 2 is 1.95 bits per heavy atom. The summed E-state index contributed by atoms with van der Waals surface area (Å²) < 4.78 is 30.8. The van der Waals surface area contributed by atoms with Gasteiger partial charge in [-0.1, -0.05) is 11.6 Å². The highest BCUT2D eigenvalue weighted by Crippen LogP contribution is 2.31. The molecular formula is C25H30Cl3FN4O4. The van der Waals surface area contributed by atoms with Gasteiger partial charge >= 0.3 is 0 Å². The molecule has 2 aromatic heterocycles. The van der Waals surface area contributed by atoms with E-state index >= 15 is 0 Å². The van der Waals surface area contributed by atoms with E-state index in [4.69, 9.17) is 25.8 Å². The van der Waals surface area contributed by atoms with Crippen LogP contribution in [-0.2, 0) is 13.0 Å². The second-order valence-corrected chi connectivity index (χ2v) is 9.21. The van der Waals surface area contributed by atoms with Crippen LogP contribution in [0.3, 0.4) is 0 Å². The van der Waals surface area contributed by atoms with Gasteiger partial charge in [-0.2, -0.15) is 0 Å². The van der Waals surface area contributed by atoms with Crippen LogP contribution in [0.25, 0.3) is 10.9 Å². The largest absolute Gasteiger partial charge is 0.497 e. The number of fused-ring (bicyclic) bond motifs is 2. The van der Waals surface area contributed by atoms with E-state index < -0.39 is 11.9 Å². The quantitative estimate of drug-likeness (QED) is 0.440. The number of β-amino-alcohol motifs (C(OH)–C–C–N with tert-alkyl or cyclic N) is 1. The molecule has 202 valence electrons. The van der Waals surface area contributed by atoms with Crippen LogP contribution >= 0.6 is 36.4 Å². The van der Waals surface area contributed by atoms with Gasteiger partial charge in [0, 0.05) is 49.4 Å². The van der Waals surface area contributed by atoms with Gasteiger partial charge in [0.2, 0.25) is 0 Å². The Balaban J connectivity index is 0.00000190. The molecule has 12 heteroatoms. The van der Waals surface area contributed by atoms with Crippen LogP contribution in [0.15, 0.2) is 30.6 Å². The molecule has 2 aliphatic heterocycles. The molecule has 5 rings (SSSR count). The summed E-state index contributed by atoms with van der Waals surface area (Å²) in [6.07, 6.45) is 4.05. The molecule has 0 saturated carbocycles. The molecule has 2 N–H and O–H groups in total. The van der Waals surface area contributed by atoms with Crippen molar-refractivity contribution in [1.29, 1.82) is 0 Å². The molecule has 1 saturated heterocycles. The summed E-state index contributed by atoms with van der Waals surface area (Å²) in [5, 5.41) is 15.3. The van der Waals surface area contributed by atoms with Crippen molar-refractivity contribution < 1.29 is 23.7 Å². The van der Waals surface area contributed by atoms with Gasteiger partial charge in [0.25, 0.3) is 0 Å². The second-order valence-electron chi connectivity index (χ2n) is 8.80. The molecule has 1 fully saturated rings. The second kappa shape index (κ2) is 13.1. The Kier molecular flexibility index (Phi) is 10.4. The molecule has 8 nitrogen and oxygen atoms in total. The zero-order valence-electron chi connectivity index (χ0n) is 20.3. The lowest BCUT2D eigenvalue weighted by atomic mass is 10.00. The molecule has 0 radical (unpaired) electrons. The fourth-order valence-corrected chi connectivity index (χ4v) is 4.91. The monoisotopic (exact) mass is 574 g/mol. The van der Waals surface area contributed by atoms with Gasteiger partial charge in [0.05, 0.1) is 30.1 Å². The van der Waals surface area contributed by atoms with Crippen LogP contribution in [0.1, 0.15) is 17.7 Å². The molecule has 37 heavy (non-hydrogen) atoms. The number of piperidine rings is 1. The maximum atomic E-state index is 14.5. The summed E-state index contributed by atoms with van der Waals surface area (Å²) in [6.45, 7) is 3.64. The van der Waals surface area contributed by atoms with E-state index in [9.17, 15) is 9.50 Å². The third kappa shape index (κ3) is 6.66. The standard InChI is InChI=1S/C25H28ClFN4O4.2ClH/c1-33-16-9-18-17(19(26)12-30-25(18)20(27)10-16)2-4-31-5-3-21(22(32)14-31)29-11-15-8-23-24(13-28-15)35-7-6-34-23;;/h8-10,12-13,21-22,29,32H,2-7,11,14H2,1H3;2*1H/t21-,22+;;/m0../s1. The number of methoxy groups -OCH3 is 1. The van der Waals surface area contributed by atoms with E-state index in [1.165, 1.54) is 19.4 Å². The van der Waals surface area contributed by atoms with Crippen LogP contribution < -0.4 is 19.5 Å². The summed E-state index contributed by atoms with van der Waals surface area (Å²) in [5.41, 5.74) is 1.94. The predicted molar refractivity (Wildman–Crippen MR) is 144 cm³/mol. The number of hydrogen-bond acceptors (Lipinski definition) is 8. The average Bonchev–Trinajstić information content (AvgIpc) is 2.87. The van der Waals surface area contributed by atoms with E-state index in [0.717, 1.165) is 24.2 Å². The number of benzene rings is 1. The summed E-state index contributed by atoms with van der Waals surface area (Å²) in [7, 11) is 1.50. The van der Waals surface area contributed by atoms with Crippen LogP contribution in [0.4, 0.5) is 4.39 Å². The number of ether oxygens (including phenoxy) is 3. The number of halogens is 4. The lowest BCUT2D eigenvalue weighted by Crippen LogP contribution is -2.52. The van der Waals surface area contributed by atoms with E-state index in [2.05, 4.69) is 20.2 Å². The predicted octanol–water partition coefficient (Wildman–Crippen LogP) is 3.81. The van der Waals surface area contributed by atoms with Crippen molar-refractivity contribution in [1.82, 2.24) is 20.2 Å². The number of nitrogens with one attached hydrogen (secondary N) is 1. The lowest BCUT2D eigenvalue weighted by Gasteiger charge is -2.36. The van der Waals surface area contributed by atoms with Crippen molar-refractivity contribution in [2.45, 2.75) is 31.5 Å². The highest BCUT2D eigenvalue weighted by Gasteiger charge is 2.27. The summed E-state index contributed by atoms with van der Waals surface area (Å²) in [5.74, 6) is 1.36. The van der Waals surface area contributed by atoms with Crippen molar-refractivity contribution >= 4 is 47.3 Å². The zero-order chi connectivity index (χ0) is 24.4. The molecule has 0 unspecified atom stereocenters. The number of aliphatic hydroxyl groups is 1. The van der Waals surface area contributed by atoms with Gasteiger partial charge < -0.3 is 29.5 Å². The first-order valence-corrected chi connectivity index (χ1v) is 12.1. The van der Waals surface area contributed by atoms with Crippen molar-refractivity contribution in [3.8, 4) is 17.2 Å². The minimum atomic E-state index is -0.525. The van der Waals surface area contributed by atoms with Crippen LogP contribution in [0.5, 0.6) is 17.2 Å². The highest BCUT2D eigenvalue weighted by atomic mass is 35.5. The van der Waals surface area contributed by atoms with Gasteiger partial charge in [-0.3, -0.25) is 9.97 Å². The van der Waals surface area contributed by atoms with Gasteiger partial charge in [0.1, 0.15) is 24.5 Å². The number of hydrogen-bond donors (Lipinski definition) is 2. The third-order valence-electron chi connectivity index (χ3n) is 6.57. The molecule has 0 amide bonds. The molecule has 1 aromatic carbocycles. The molecule has 2 atom stereocenters. The Morgan fingerprint density at radius 1 is 1.16 bits per heavy atom. The van der Waals surface area contributed by atoms with E-state index in [1.54, 1.807) is 12.3 Å². The minimum Gasteiger partial charge on any atom is -0.497 e. The van der Waals surface area contributed by atoms with Crippen LogP contribution in [0, 0.1) is 5.82 Å². The average molecular weight is 576 g/mol. The molecule has 4 heterocycles. The van der Waals surface area contributed by atoms with Crippen molar-refractivity contribution in [2.24, 2.45) is 0 Å². The van der Waals surface area contributed by atoms with Crippen molar-refractivity contribution in [2.75, 3.05) is 40.0 Å². The minimum absolute atomic E-state index is 0. The maximum absolute atomic E-state index is 14.5. The molecular weight excluding hydrogens is 546 g/mol. The first kappa shape index (κ1) is 29.4. The maximum Gasteiger partial charge on any atom is 0.179 e. The summed E-state index contributed by atoms with van der Waals surface area (Å²) in [6, 6.07) is 4.93. The number of likely N-dealkylation sites (tertiary alicyclic amines) is 1. The molecule has 2 aliphatic rings. The van der Waals surface area contributed by atoms with Gasteiger partial charge in [-0.15, -0.1) is 24.8 Å². The van der Waals surface area contributed by atoms with E-state index in [0.29, 0.717) is 66.9 Å². The Morgan fingerprint density at radius 3 is 2.70 bits per heavy atom. The molecule has 3 aromatic rings. The topological polar surface area (TPSA) is 89.0 Å². The fraction of sp³-hybridized carbons (Fsp3) is 0.440. The Labute approximate surface area is 232 Å². The SMILES string of the molecule is COc1cc(F)c2ncc(Cl)c(CCN3CC[C@H](NCc4cc5c(cn4)OCCO5)[C@H](O)C3)c2c1.Cl.Cl. The highest BCUT2D eigenvalue weighted by molar-refractivity contribution is 6.32. The summed E-state index contributed by atoms with van der Waals surface area (Å²) >= 11 is 6.44. The Bertz CT molecular complexity index is 1220. The van der Waals surface area contributed by atoms with Gasteiger partial charge in [-0.25, -0.2) is 4.39 Å². The van der Waals surface area contributed by atoms with E-state index in [1.807, 2.05) is 6.07 Å². The Hall–Kier alpha value is -2.14. The lowest BCUT2D eigenvalue weighted by molar-refractivity contribution is 0.0403. The number of aliphatic hydroxyl groups excluding tert-OH is 1. The normalized spacial score (nSPS) is 19.1. The van der Waals surface area contributed by atoms with Crippen LogP contribution in [-0.4, -0.2) is 72.1 Å². The first-order chi connectivity index (χ1) is 17.0. The number of aromatic nitrogens is 2. The molecule has 0 aliphatic carbocycles. The number of pyridine rings is 2. The van der Waals surface area contributed by atoms with Gasteiger partial charge in [-0.05, 0) is 31.0 Å².